The number of fused-ring (bicyclic) bond motifs is 1. The van der Waals surface area contributed by atoms with Crippen molar-refractivity contribution in [1.82, 2.24) is 9.71 Å². The third kappa shape index (κ3) is 5.97. The summed E-state index contributed by atoms with van der Waals surface area (Å²) in [6.45, 7) is 0.190. The number of ether oxygens (including phenoxy) is 1. The third-order valence-electron chi connectivity index (χ3n) is 3.66. The van der Waals surface area contributed by atoms with Crippen molar-refractivity contribution < 1.29 is 13.2 Å². The maximum atomic E-state index is 12.0. The first-order valence-electron chi connectivity index (χ1n) is 8.17. The monoisotopic (exact) mass is 400 g/mol. The summed E-state index contributed by atoms with van der Waals surface area (Å²) < 4.78 is 32.0. The van der Waals surface area contributed by atoms with E-state index in [4.69, 9.17) is 16.3 Å². The van der Waals surface area contributed by atoms with Gasteiger partial charge in [-0.3, -0.25) is 4.98 Å². The zero-order valence-electron chi connectivity index (χ0n) is 14.4. The molecule has 3 aromatic rings. The highest BCUT2D eigenvalue weighted by Crippen LogP contribution is 2.18. The van der Waals surface area contributed by atoms with E-state index in [0.29, 0.717) is 16.3 Å². The summed E-state index contributed by atoms with van der Waals surface area (Å²) >= 11 is 5.79. The lowest BCUT2D eigenvalue weighted by Gasteiger charge is -2.04. The number of nitrogens with zero attached hydrogens (tertiary/aromatic N) is 1. The number of hydrogen-bond acceptors (Lipinski definition) is 4. The summed E-state index contributed by atoms with van der Waals surface area (Å²) in [5.74, 6) is 6.08. The van der Waals surface area contributed by atoms with Gasteiger partial charge in [-0.2, -0.15) is 0 Å². The zero-order valence-corrected chi connectivity index (χ0v) is 15.9. The van der Waals surface area contributed by atoms with E-state index >= 15 is 0 Å². The summed E-state index contributed by atoms with van der Waals surface area (Å²) in [6.07, 6.45) is 1.72. The molecule has 0 radical (unpaired) electrons. The van der Waals surface area contributed by atoms with Crippen LogP contribution in [0.4, 0.5) is 0 Å². The minimum Gasteiger partial charge on any atom is -0.481 e. The van der Waals surface area contributed by atoms with Crippen LogP contribution in [0.25, 0.3) is 10.9 Å². The highest BCUT2D eigenvalue weighted by atomic mass is 35.5. The lowest BCUT2D eigenvalue weighted by atomic mass is 10.2. The van der Waals surface area contributed by atoms with Crippen molar-refractivity contribution in [1.29, 1.82) is 0 Å². The molecular formula is C20H17ClN2O3S. The predicted molar refractivity (Wildman–Crippen MR) is 107 cm³/mol. The Bertz CT molecular complexity index is 1090. The highest BCUT2D eigenvalue weighted by Gasteiger charge is 2.09. The van der Waals surface area contributed by atoms with Crippen LogP contribution in [0.2, 0.25) is 5.02 Å². The molecule has 0 aliphatic heterocycles. The Morgan fingerprint density at radius 3 is 2.70 bits per heavy atom. The molecule has 0 bridgehead atoms. The number of pyridine rings is 1. The van der Waals surface area contributed by atoms with Crippen molar-refractivity contribution in [2.24, 2.45) is 0 Å². The van der Waals surface area contributed by atoms with E-state index in [1.807, 2.05) is 30.3 Å². The first kappa shape index (κ1) is 19.2. The Morgan fingerprint density at radius 2 is 1.89 bits per heavy atom. The molecule has 0 spiro atoms. The topological polar surface area (TPSA) is 68.3 Å². The highest BCUT2D eigenvalue weighted by molar-refractivity contribution is 7.88. The molecule has 0 unspecified atom stereocenters. The largest absolute Gasteiger partial charge is 0.481 e. The number of benzene rings is 2. The number of halogens is 1. The maximum absolute atomic E-state index is 12.0. The zero-order chi connectivity index (χ0) is 19.1. The van der Waals surface area contributed by atoms with Crippen molar-refractivity contribution in [2.45, 2.75) is 5.75 Å². The van der Waals surface area contributed by atoms with Gasteiger partial charge in [0.25, 0.3) is 0 Å². The van der Waals surface area contributed by atoms with Gasteiger partial charge in [0.05, 0.1) is 17.8 Å². The van der Waals surface area contributed by atoms with Crippen LogP contribution < -0.4 is 9.46 Å². The Kier molecular flexibility index (Phi) is 6.30. The second-order valence-corrected chi connectivity index (χ2v) is 7.95. The molecule has 1 heterocycles. The van der Waals surface area contributed by atoms with Gasteiger partial charge in [-0.25, -0.2) is 13.1 Å². The standard InChI is InChI=1S/C20H17ClN2O3S/c21-18-8-5-16(6-9-18)15-27(24,25)23-12-1-2-13-26-19-10-7-17-4-3-11-22-20(17)14-19/h3-11,14,23H,12-13,15H2. The first-order valence-corrected chi connectivity index (χ1v) is 10.2. The Morgan fingerprint density at radius 1 is 1.07 bits per heavy atom. The molecule has 1 aromatic heterocycles. The van der Waals surface area contributed by atoms with E-state index in [1.165, 1.54) is 0 Å². The van der Waals surface area contributed by atoms with E-state index in [2.05, 4.69) is 21.5 Å². The molecule has 0 saturated heterocycles. The van der Waals surface area contributed by atoms with Gasteiger partial charge in [-0.15, -0.1) is 0 Å². The molecule has 3 rings (SSSR count). The smallest absolute Gasteiger partial charge is 0.216 e. The van der Waals surface area contributed by atoms with Crippen molar-refractivity contribution in [3.05, 3.63) is 71.4 Å². The third-order valence-corrected chi connectivity index (χ3v) is 5.21. The van der Waals surface area contributed by atoms with Gasteiger partial charge in [-0.1, -0.05) is 41.6 Å². The minimum atomic E-state index is -3.46. The van der Waals surface area contributed by atoms with Gasteiger partial charge in [-0.05, 0) is 35.9 Å². The van der Waals surface area contributed by atoms with Crippen LogP contribution >= 0.6 is 11.6 Å². The lowest BCUT2D eigenvalue weighted by Crippen LogP contribution is -2.25. The SMILES string of the molecule is O=S(=O)(Cc1ccc(Cl)cc1)NCC#CCOc1ccc2cccnc2c1. The number of aromatic nitrogens is 1. The molecule has 0 aliphatic carbocycles. The fraction of sp³-hybridized carbons (Fsp3) is 0.150. The average Bonchev–Trinajstić information content (AvgIpc) is 2.66. The molecule has 27 heavy (non-hydrogen) atoms. The van der Waals surface area contributed by atoms with Crippen LogP contribution in [0, 0.1) is 11.8 Å². The van der Waals surface area contributed by atoms with Crippen LogP contribution in [-0.4, -0.2) is 26.6 Å². The summed E-state index contributed by atoms with van der Waals surface area (Å²) in [6, 6.07) is 16.1. The molecule has 0 atom stereocenters. The van der Waals surface area contributed by atoms with Gasteiger partial charge in [0.1, 0.15) is 12.4 Å². The molecule has 7 heteroatoms. The van der Waals surface area contributed by atoms with Crippen molar-refractivity contribution in [3.63, 3.8) is 0 Å². The van der Waals surface area contributed by atoms with Crippen molar-refractivity contribution >= 4 is 32.5 Å². The van der Waals surface area contributed by atoms with E-state index in [-0.39, 0.29) is 18.9 Å². The van der Waals surface area contributed by atoms with Crippen LogP contribution in [0.3, 0.4) is 0 Å². The van der Waals surface area contributed by atoms with Gasteiger partial charge in [0, 0.05) is 22.7 Å². The van der Waals surface area contributed by atoms with Gasteiger partial charge >= 0.3 is 0 Å². The van der Waals surface area contributed by atoms with Crippen molar-refractivity contribution in [3.8, 4) is 17.6 Å². The molecule has 0 amide bonds. The molecule has 0 saturated carbocycles. The van der Waals surface area contributed by atoms with Gasteiger partial charge in [0.15, 0.2) is 0 Å². The van der Waals surface area contributed by atoms with E-state index < -0.39 is 10.0 Å². The lowest BCUT2D eigenvalue weighted by molar-refractivity contribution is 0.370. The van der Waals surface area contributed by atoms with E-state index in [9.17, 15) is 8.42 Å². The number of sulfonamides is 1. The van der Waals surface area contributed by atoms with Crippen LogP contribution in [0.15, 0.2) is 60.8 Å². The molecule has 0 aliphatic rings. The Labute approximate surface area is 163 Å². The first-order chi connectivity index (χ1) is 13.0. The van der Waals surface area contributed by atoms with Gasteiger partial charge < -0.3 is 4.74 Å². The molecule has 2 aromatic carbocycles. The van der Waals surface area contributed by atoms with Crippen LogP contribution in [0.1, 0.15) is 5.56 Å². The quantitative estimate of drug-likeness (QED) is 0.644. The van der Waals surface area contributed by atoms with E-state index in [0.717, 1.165) is 10.9 Å². The summed E-state index contributed by atoms with van der Waals surface area (Å²) in [5, 5.41) is 1.60. The summed E-state index contributed by atoms with van der Waals surface area (Å²) in [5.41, 5.74) is 1.51. The Balaban J connectivity index is 1.46. The fourth-order valence-electron chi connectivity index (χ4n) is 2.37. The molecule has 0 fully saturated rings. The number of rotatable bonds is 6. The van der Waals surface area contributed by atoms with E-state index in [1.54, 1.807) is 30.5 Å². The normalized spacial score (nSPS) is 11.0. The molecule has 1 N–H and O–H groups in total. The summed E-state index contributed by atoms with van der Waals surface area (Å²) in [7, 11) is -3.46. The second-order valence-electron chi connectivity index (χ2n) is 5.71. The number of hydrogen-bond donors (Lipinski definition) is 1. The van der Waals surface area contributed by atoms with Crippen molar-refractivity contribution in [2.75, 3.05) is 13.2 Å². The number of nitrogens with one attached hydrogen (secondary N) is 1. The average molecular weight is 401 g/mol. The second kappa shape index (κ2) is 8.87. The maximum Gasteiger partial charge on any atom is 0.216 e. The van der Waals surface area contributed by atoms with Crippen LogP contribution in [0.5, 0.6) is 5.75 Å². The van der Waals surface area contributed by atoms with Crippen LogP contribution in [-0.2, 0) is 15.8 Å². The summed E-state index contributed by atoms with van der Waals surface area (Å²) in [4.78, 5) is 4.27. The van der Waals surface area contributed by atoms with Gasteiger partial charge in [0.2, 0.25) is 10.0 Å². The predicted octanol–water partition coefficient (Wildman–Crippen LogP) is 3.39. The molecule has 138 valence electrons. The molecule has 5 nitrogen and oxygen atoms in total. The molecular weight excluding hydrogens is 384 g/mol. The minimum absolute atomic E-state index is 0.0263. The fourth-order valence-corrected chi connectivity index (χ4v) is 3.52. The Hall–Kier alpha value is -2.59.